The zero-order valence-electron chi connectivity index (χ0n) is 18.6. The van der Waals surface area contributed by atoms with Gasteiger partial charge in [0.15, 0.2) is 0 Å². The number of nitrogens with zero attached hydrogens (tertiary/aromatic N) is 3. The van der Waals surface area contributed by atoms with E-state index < -0.39 is 45.6 Å². The van der Waals surface area contributed by atoms with Gasteiger partial charge in [0.1, 0.15) is 12.3 Å². The van der Waals surface area contributed by atoms with Crippen molar-refractivity contribution in [2.24, 2.45) is 0 Å². The topological polar surface area (TPSA) is 170 Å². The van der Waals surface area contributed by atoms with Crippen molar-refractivity contribution in [2.45, 2.75) is 37.7 Å². The molecule has 0 spiro atoms. The van der Waals surface area contributed by atoms with E-state index in [0.717, 1.165) is 28.6 Å². The summed E-state index contributed by atoms with van der Waals surface area (Å²) in [5.41, 5.74) is 1.03. The zero-order valence-corrected chi connectivity index (χ0v) is 18.6. The molecule has 3 N–H and O–H groups in total. The second-order valence-electron chi connectivity index (χ2n) is 8.30. The molecule has 3 unspecified atom stereocenters. The Bertz CT molecular complexity index is 1270. The Morgan fingerprint density at radius 2 is 1.91 bits per heavy atom. The molecule has 12 heteroatoms. The fourth-order valence-electron chi connectivity index (χ4n) is 4.32. The third-order valence-corrected chi connectivity index (χ3v) is 6.06. The summed E-state index contributed by atoms with van der Waals surface area (Å²) in [4.78, 5) is 33.1. The van der Waals surface area contributed by atoms with Crippen molar-refractivity contribution in [3.63, 3.8) is 0 Å². The molecular formula is C23H24N4O8. The lowest BCUT2D eigenvalue weighted by molar-refractivity contribution is -0.394. The molecule has 0 saturated carbocycles. The van der Waals surface area contributed by atoms with Crippen molar-refractivity contribution in [1.82, 2.24) is 9.88 Å². The Balaban J connectivity index is 1.43. The van der Waals surface area contributed by atoms with Crippen LogP contribution in [0.15, 0.2) is 48.7 Å². The van der Waals surface area contributed by atoms with E-state index in [1.165, 1.54) is 6.07 Å². The third kappa shape index (κ3) is 5.14. The van der Waals surface area contributed by atoms with E-state index in [9.17, 15) is 35.2 Å². The van der Waals surface area contributed by atoms with Crippen LogP contribution in [-0.2, 0) is 22.4 Å². The standard InChI is InChI=1S/C23H24N4O8/c28-13-21-20(29)11-23(35-21)25-12-15(17-3-1-2-4-18(17)25)7-8-24-22(30)9-14-5-6-16(26(31)32)10-19(14)27(33)34/h1-6,10,12,20-21,23,28-29H,7-9,11,13H2,(H,24,30). The summed E-state index contributed by atoms with van der Waals surface area (Å²) in [6.45, 7) is -0.0102. The Morgan fingerprint density at radius 3 is 2.60 bits per heavy atom. The van der Waals surface area contributed by atoms with E-state index in [1.807, 2.05) is 35.0 Å². The van der Waals surface area contributed by atoms with Gasteiger partial charge in [0, 0.05) is 36.2 Å². The predicted molar refractivity (Wildman–Crippen MR) is 124 cm³/mol. The van der Waals surface area contributed by atoms with Crippen LogP contribution in [0.1, 0.15) is 23.8 Å². The molecule has 0 radical (unpaired) electrons. The van der Waals surface area contributed by atoms with Gasteiger partial charge in [0.25, 0.3) is 11.4 Å². The van der Waals surface area contributed by atoms with Crippen molar-refractivity contribution in [3.05, 3.63) is 80.0 Å². The number of aliphatic hydroxyl groups is 2. The number of para-hydroxylation sites is 1. The van der Waals surface area contributed by atoms with Gasteiger partial charge in [-0.1, -0.05) is 18.2 Å². The monoisotopic (exact) mass is 484 g/mol. The molecule has 1 aromatic heterocycles. The number of aliphatic hydroxyl groups excluding tert-OH is 2. The summed E-state index contributed by atoms with van der Waals surface area (Å²) in [6.07, 6.45) is 0.582. The Labute approximate surface area is 199 Å². The average Bonchev–Trinajstić information content (AvgIpc) is 3.39. The second kappa shape index (κ2) is 10.2. The molecule has 35 heavy (non-hydrogen) atoms. The normalized spacial score (nSPS) is 19.7. The molecule has 1 saturated heterocycles. The fraction of sp³-hybridized carbons (Fsp3) is 0.348. The number of nitro groups is 2. The van der Waals surface area contributed by atoms with Crippen LogP contribution in [-0.4, -0.2) is 55.9 Å². The number of hydrogen-bond donors (Lipinski definition) is 3. The van der Waals surface area contributed by atoms with Crippen LogP contribution in [0.2, 0.25) is 0 Å². The minimum Gasteiger partial charge on any atom is -0.394 e. The van der Waals surface area contributed by atoms with Gasteiger partial charge in [-0.25, -0.2) is 0 Å². The number of carbonyl (C=O) groups excluding carboxylic acids is 1. The number of benzene rings is 2. The van der Waals surface area contributed by atoms with Crippen molar-refractivity contribution >= 4 is 28.2 Å². The maximum absolute atomic E-state index is 12.4. The molecule has 12 nitrogen and oxygen atoms in total. The number of nitrogens with one attached hydrogen (secondary N) is 1. The summed E-state index contributed by atoms with van der Waals surface area (Å²) in [5.74, 6) is -0.446. The predicted octanol–water partition coefficient (Wildman–Crippen LogP) is 2.00. The number of aromatic nitrogens is 1. The van der Waals surface area contributed by atoms with Crippen LogP contribution in [0, 0.1) is 20.2 Å². The van der Waals surface area contributed by atoms with E-state index in [-0.39, 0.29) is 25.1 Å². The van der Waals surface area contributed by atoms with Crippen LogP contribution in [0.5, 0.6) is 0 Å². The number of carbonyl (C=O) groups is 1. The molecule has 1 aliphatic rings. The summed E-state index contributed by atoms with van der Waals surface area (Å²) < 4.78 is 7.70. The van der Waals surface area contributed by atoms with Crippen LogP contribution in [0.25, 0.3) is 10.9 Å². The molecule has 3 aromatic rings. The van der Waals surface area contributed by atoms with E-state index in [0.29, 0.717) is 12.8 Å². The molecule has 3 atom stereocenters. The van der Waals surface area contributed by atoms with E-state index >= 15 is 0 Å². The van der Waals surface area contributed by atoms with Crippen LogP contribution < -0.4 is 5.32 Å². The highest BCUT2D eigenvalue weighted by atomic mass is 16.6. The quantitative estimate of drug-likeness (QED) is 0.306. The maximum atomic E-state index is 12.4. The summed E-state index contributed by atoms with van der Waals surface area (Å²) >= 11 is 0. The van der Waals surface area contributed by atoms with Crippen molar-refractivity contribution in [2.75, 3.05) is 13.2 Å². The number of ether oxygens (including phenoxy) is 1. The third-order valence-electron chi connectivity index (χ3n) is 6.06. The first kappa shape index (κ1) is 24.3. The van der Waals surface area contributed by atoms with Gasteiger partial charge in [-0.15, -0.1) is 0 Å². The Hall–Kier alpha value is -3.87. The molecule has 2 aromatic carbocycles. The first-order valence-electron chi connectivity index (χ1n) is 11.0. The highest BCUT2D eigenvalue weighted by molar-refractivity contribution is 5.84. The number of nitro benzene ring substituents is 2. The highest BCUT2D eigenvalue weighted by Crippen LogP contribution is 2.33. The molecule has 1 amide bonds. The Kier molecular flexibility index (Phi) is 7.05. The Morgan fingerprint density at radius 1 is 1.14 bits per heavy atom. The van der Waals surface area contributed by atoms with Crippen LogP contribution >= 0.6 is 0 Å². The first-order chi connectivity index (χ1) is 16.8. The lowest BCUT2D eigenvalue weighted by Crippen LogP contribution is -2.27. The van der Waals surface area contributed by atoms with Gasteiger partial charge in [-0.05, 0) is 24.1 Å². The zero-order chi connectivity index (χ0) is 25.1. The van der Waals surface area contributed by atoms with Gasteiger partial charge in [0.05, 0.1) is 40.6 Å². The summed E-state index contributed by atoms with van der Waals surface area (Å²) in [7, 11) is 0. The number of fused-ring (bicyclic) bond motifs is 1. The second-order valence-corrected chi connectivity index (χ2v) is 8.30. The number of rotatable bonds is 9. The molecule has 0 bridgehead atoms. The average molecular weight is 484 g/mol. The summed E-state index contributed by atoms with van der Waals surface area (Å²) in [6, 6.07) is 10.8. The maximum Gasteiger partial charge on any atom is 0.279 e. The molecular weight excluding hydrogens is 460 g/mol. The molecule has 184 valence electrons. The van der Waals surface area contributed by atoms with E-state index in [4.69, 9.17) is 4.74 Å². The lowest BCUT2D eigenvalue weighted by Gasteiger charge is -2.14. The number of amides is 1. The van der Waals surface area contributed by atoms with Gasteiger partial charge < -0.3 is 24.8 Å². The molecule has 1 fully saturated rings. The molecule has 1 aliphatic heterocycles. The van der Waals surface area contributed by atoms with Crippen molar-refractivity contribution in [1.29, 1.82) is 0 Å². The van der Waals surface area contributed by atoms with Gasteiger partial charge in [-0.2, -0.15) is 0 Å². The van der Waals surface area contributed by atoms with Crippen molar-refractivity contribution in [3.8, 4) is 0 Å². The first-order valence-corrected chi connectivity index (χ1v) is 11.0. The summed E-state index contributed by atoms with van der Waals surface area (Å²) in [5, 5.41) is 45.3. The van der Waals surface area contributed by atoms with Crippen molar-refractivity contribution < 1.29 is 29.6 Å². The molecule has 4 rings (SSSR count). The van der Waals surface area contributed by atoms with Gasteiger partial charge in [-0.3, -0.25) is 25.0 Å². The minimum absolute atomic E-state index is 0.0880. The number of hydrogen-bond acceptors (Lipinski definition) is 8. The van der Waals surface area contributed by atoms with E-state index in [2.05, 4.69) is 5.32 Å². The largest absolute Gasteiger partial charge is 0.394 e. The smallest absolute Gasteiger partial charge is 0.279 e. The lowest BCUT2D eigenvalue weighted by atomic mass is 10.1. The molecule has 2 heterocycles. The fourth-order valence-corrected chi connectivity index (χ4v) is 4.32. The van der Waals surface area contributed by atoms with Crippen LogP contribution in [0.4, 0.5) is 11.4 Å². The number of non-ortho nitro benzene ring substituents is 1. The van der Waals surface area contributed by atoms with Gasteiger partial charge in [0.2, 0.25) is 5.91 Å². The minimum atomic E-state index is -0.766. The van der Waals surface area contributed by atoms with Crippen LogP contribution in [0.3, 0.4) is 0 Å². The molecule has 0 aliphatic carbocycles. The SMILES string of the molecule is O=C(Cc1ccc([N+](=O)[O-])cc1[N+](=O)[O-])NCCc1cn(C2CC(O)C(CO)O2)c2ccccc12. The highest BCUT2D eigenvalue weighted by Gasteiger charge is 2.35. The van der Waals surface area contributed by atoms with Gasteiger partial charge >= 0.3 is 0 Å². The van der Waals surface area contributed by atoms with E-state index in [1.54, 1.807) is 0 Å².